The average Bonchev–Trinajstić information content (AvgIpc) is 1.84. The summed E-state index contributed by atoms with van der Waals surface area (Å²) in [5.41, 5.74) is 0. The zero-order valence-electron chi connectivity index (χ0n) is 5.26. The van der Waals surface area contributed by atoms with Crippen LogP contribution in [0.5, 0.6) is 0 Å². The summed E-state index contributed by atoms with van der Waals surface area (Å²) < 4.78 is 0. The molecule has 6 nitrogen and oxygen atoms in total. The molecule has 0 aromatic heterocycles. The van der Waals surface area contributed by atoms with E-state index in [1.54, 1.807) is 0 Å². The molecule has 0 fully saturated rings. The molecule has 12 heavy (non-hydrogen) atoms. The molecule has 64 valence electrons. The van der Waals surface area contributed by atoms with Crippen molar-refractivity contribution in [1.82, 2.24) is 0 Å². The molecule has 0 spiro atoms. The predicted molar refractivity (Wildman–Crippen MR) is 34.4 cm³/mol. The smallest absolute Gasteiger partial charge is 0 e. The van der Waals surface area contributed by atoms with Gasteiger partial charge in [0.05, 0.1) is 0 Å². The van der Waals surface area contributed by atoms with Crippen LogP contribution in [0.1, 0.15) is 0 Å². The van der Waals surface area contributed by atoms with Crippen LogP contribution < -0.4 is 0 Å². The maximum atomic E-state index is 9.77. The van der Waals surface area contributed by atoms with Crippen molar-refractivity contribution < 1.29 is 56.2 Å². The van der Waals surface area contributed by atoms with Crippen LogP contribution in [0.4, 0.5) is 0 Å². The van der Waals surface area contributed by atoms with Crippen molar-refractivity contribution in [2.45, 2.75) is 12.2 Å². The van der Waals surface area contributed by atoms with Gasteiger partial charge in [-0.2, -0.15) is 0 Å². The number of aliphatic carboxylic acids is 2. The van der Waals surface area contributed by atoms with Crippen molar-refractivity contribution in [2.24, 2.45) is 0 Å². The molecule has 2 atom stereocenters. The molecule has 0 aromatic carbocycles. The zero-order valence-corrected chi connectivity index (χ0v) is 7.72. The molecule has 0 heterocycles. The summed E-state index contributed by atoms with van der Waals surface area (Å²) in [6.45, 7) is 0. The number of carboxylic acids is 2. The first-order chi connectivity index (χ1) is 4.46. The van der Waals surface area contributed by atoms with Crippen molar-refractivity contribution in [3.63, 3.8) is 0 Å². The average molecular weight is 265 g/mol. The molecule has 0 aliphatic heterocycles. The van der Waals surface area contributed by atoms with Crippen LogP contribution in [0.3, 0.4) is 0 Å². The minimum absolute atomic E-state index is 0. The number of hydrogen-bond donors (Lipinski definition) is 4. The Morgan fingerprint density at radius 2 is 1.08 bits per heavy atom. The Balaban J connectivity index is -0.000000405. The molecule has 0 radical (unpaired) electrons. The zero-order chi connectivity index (χ0) is 8.31. The van der Waals surface area contributed by atoms with Gasteiger partial charge in [-0.05, 0) is 0 Å². The fourth-order valence-corrected chi connectivity index (χ4v) is 0.270. The summed E-state index contributed by atoms with van der Waals surface area (Å²) in [4.78, 5) is 19.5. The van der Waals surface area contributed by atoms with Gasteiger partial charge in [-0.25, -0.2) is 9.59 Å². The molecule has 0 rings (SSSR count). The summed E-state index contributed by atoms with van der Waals surface area (Å²) in [6, 6.07) is 0. The first-order valence-electron chi connectivity index (χ1n) is 2.28. The van der Waals surface area contributed by atoms with E-state index in [9.17, 15) is 9.59 Å². The number of carbonyl (C=O) groups is 2. The summed E-state index contributed by atoms with van der Waals surface area (Å²) in [6.07, 6.45) is -4.53. The van der Waals surface area contributed by atoms with Crippen LogP contribution in [0.2, 0.25) is 0 Å². The van der Waals surface area contributed by atoms with Gasteiger partial charge in [-0.15, -0.1) is 0 Å². The van der Waals surface area contributed by atoms with Gasteiger partial charge in [0.2, 0.25) is 0 Å². The molecular formula is C4H7NaO6Zr. The SMILES string of the molecule is O=C(O)C(O)C(O)C(=O)O.[NaH].[Zr]. The summed E-state index contributed by atoms with van der Waals surface area (Å²) in [5, 5.41) is 32.5. The van der Waals surface area contributed by atoms with Crippen molar-refractivity contribution >= 4 is 41.5 Å². The van der Waals surface area contributed by atoms with Gasteiger partial charge in [0, 0.05) is 26.2 Å². The van der Waals surface area contributed by atoms with Gasteiger partial charge in [0.15, 0.2) is 12.2 Å². The third-order valence-electron chi connectivity index (χ3n) is 0.805. The van der Waals surface area contributed by atoms with E-state index < -0.39 is 24.1 Å². The molecule has 0 aliphatic rings. The number of aliphatic hydroxyl groups is 2. The molecule has 0 saturated heterocycles. The standard InChI is InChI=1S/C4H6O6.Na.Zr.H/c5-1(3(7)8)2(6)4(9)10;;;/h1-2,5-6H,(H,7,8)(H,9,10);;;. The quantitative estimate of drug-likeness (QED) is 0.411. The first kappa shape index (κ1) is 18.5. The Kier molecular flexibility index (Phi) is 12.9. The van der Waals surface area contributed by atoms with E-state index in [0.29, 0.717) is 0 Å². The molecule has 0 amide bonds. The van der Waals surface area contributed by atoms with E-state index in [-0.39, 0.29) is 55.8 Å². The monoisotopic (exact) mass is 264 g/mol. The maximum Gasteiger partial charge on any atom is 0 e. The Morgan fingerprint density at radius 1 is 0.917 bits per heavy atom. The molecule has 0 saturated carbocycles. The van der Waals surface area contributed by atoms with Gasteiger partial charge < -0.3 is 20.4 Å². The van der Waals surface area contributed by atoms with Crippen LogP contribution in [-0.4, -0.2) is 74.1 Å². The van der Waals surface area contributed by atoms with Crippen LogP contribution in [0.25, 0.3) is 0 Å². The van der Waals surface area contributed by atoms with Gasteiger partial charge in [0.1, 0.15) is 0 Å². The Morgan fingerprint density at radius 3 is 1.17 bits per heavy atom. The van der Waals surface area contributed by atoms with E-state index in [2.05, 4.69) is 0 Å². The van der Waals surface area contributed by atoms with E-state index in [1.165, 1.54) is 0 Å². The number of rotatable bonds is 3. The minimum Gasteiger partial charge on any atom is 0 e. The molecule has 0 aromatic rings. The van der Waals surface area contributed by atoms with Crippen LogP contribution in [0.15, 0.2) is 0 Å². The second kappa shape index (κ2) is 8.35. The van der Waals surface area contributed by atoms with Crippen molar-refractivity contribution in [3.05, 3.63) is 0 Å². The van der Waals surface area contributed by atoms with Crippen LogP contribution in [0, 0.1) is 0 Å². The molecule has 2 unspecified atom stereocenters. The molecular weight excluding hydrogens is 258 g/mol. The molecule has 0 bridgehead atoms. The molecule has 0 aliphatic carbocycles. The number of hydrogen-bond acceptors (Lipinski definition) is 4. The third kappa shape index (κ3) is 6.28. The van der Waals surface area contributed by atoms with Crippen molar-refractivity contribution in [3.8, 4) is 0 Å². The Bertz CT molecular complexity index is 144. The topological polar surface area (TPSA) is 115 Å². The maximum absolute atomic E-state index is 9.77. The second-order valence-corrected chi connectivity index (χ2v) is 1.57. The molecule has 8 heteroatoms. The Labute approximate surface area is 109 Å². The van der Waals surface area contributed by atoms with E-state index in [0.717, 1.165) is 0 Å². The van der Waals surface area contributed by atoms with Gasteiger partial charge in [-0.1, -0.05) is 0 Å². The largest absolute Gasteiger partial charge is 0 e. The van der Waals surface area contributed by atoms with Crippen molar-refractivity contribution in [2.75, 3.05) is 0 Å². The fraction of sp³-hybridized carbons (Fsp3) is 0.500. The number of carboxylic acid groups (broad SMARTS) is 2. The number of aliphatic hydroxyl groups excluding tert-OH is 2. The first-order valence-corrected chi connectivity index (χ1v) is 2.28. The molecule has 4 N–H and O–H groups in total. The summed E-state index contributed by atoms with van der Waals surface area (Å²) in [5.74, 6) is -3.54. The summed E-state index contributed by atoms with van der Waals surface area (Å²) >= 11 is 0. The van der Waals surface area contributed by atoms with Gasteiger partial charge in [0.25, 0.3) is 0 Å². The van der Waals surface area contributed by atoms with Gasteiger partial charge in [-0.3, -0.25) is 0 Å². The Hall–Kier alpha value is 0.743. The minimum atomic E-state index is -2.27. The fourth-order valence-electron chi connectivity index (χ4n) is 0.270. The van der Waals surface area contributed by atoms with Crippen LogP contribution >= 0.6 is 0 Å². The van der Waals surface area contributed by atoms with Crippen LogP contribution in [-0.2, 0) is 35.8 Å². The van der Waals surface area contributed by atoms with E-state index >= 15 is 0 Å². The van der Waals surface area contributed by atoms with E-state index in [1.807, 2.05) is 0 Å². The van der Waals surface area contributed by atoms with Gasteiger partial charge >= 0.3 is 41.5 Å². The second-order valence-electron chi connectivity index (χ2n) is 1.57. The summed E-state index contributed by atoms with van der Waals surface area (Å²) in [7, 11) is 0. The normalized spacial score (nSPS) is 13.2. The predicted octanol–water partition coefficient (Wildman–Crippen LogP) is -2.77. The third-order valence-corrected chi connectivity index (χ3v) is 0.805. The van der Waals surface area contributed by atoms with E-state index in [4.69, 9.17) is 20.4 Å². The van der Waals surface area contributed by atoms with Crippen molar-refractivity contribution in [1.29, 1.82) is 0 Å².